The minimum Gasteiger partial charge on any atom is -0.306 e. The summed E-state index contributed by atoms with van der Waals surface area (Å²) in [6.45, 7) is 6.94. The van der Waals surface area contributed by atoms with Crippen LogP contribution in [-0.4, -0.2) is 27.7 Å². The van der Waals surface area contributed by atoms with Gasteiger partial charge in [0, 0.05) is 29.6 Å². The molecule has 2 atom stereocenters. The number of aromatic nitrogens is 2. The molecule has 0 aromatic carbocycles. The number of aromatic amines is 1. The molecule has 0 bridgehead atoms. The van der Waals surface area contributed by atoms with Crippen molar-refractivity contribution in [1.82, 2.24) is 15.5 Å². The van der Waals surface area contributed by atoms with Crippen LogP contribution < -0.4 is 5.32 Å². The van der Waals surface area contributed by atoms with Gasteiger partial charge in [0.15, 0.2) is 0 Å². The van der Waals surface area contributed by atoms with E-state index in [0.717, 1.165) is 0 Å². The lowest BCUT2D eigenvalue weighted by atomic mass is 9.82. The van der Waals surface area contributed by atoms with Crippen molar-refractivity contribution in [1.29, 1.82) is 0 Å². The second kappa shape index (κ2) is 4.80. The summed E-state index contributed by atoms with van der Waals surface area (Å²) >= 11 is 2.06. The summed E-state index contributed by atoms with van der Waals surface area (Å²) in [5.74, 6) is 2.51. The molecule has 1 fully saturated rings. The van der Waals surface area contributed by atoms with Crippen molar-refractivity contribution in [3.05, 3.63) is 18.0 Å². The molecule has 1 aliphatic heterocycles. The Morgan fingerprint density at radius 3 is 3.06 bits per heavy atom. The first kappa shape index (κ1) is 12.0. The Kier molecular flexibility index (Phi) is 3.60. The fourth-order valence-corrected chi connectivity index (χ4v) is 3.73. The quantitative estimate of drug-likeness (QED) is 0.852. The molecule has 90 valence electrons. The molecule has 3 nitrogen and oxygen atoms in total. The Morgan fingerprint density at radius 2 is 2.44 bits per heavy atom. The molecule has 1 aromatic heterocycles. The highest BCUT2D eigenvalue weighted by atomic mass is 32.2. The lowest BCUT2D eigenvalue weighted by Crippen LogP contribution is -2.47. The fourth-order valence-electron chi connectivity index (χ4n) is 2.11. The number of hydrogen-bond donors (Lipinski definition) is 2. The second-order valence-corrected chi connectivity index (χ2v) is 6.44. The average Bonchev–Trinajstić information content (AvgIpc) is 2.74. The molecule has 4 heteroatoms. The first-order valence-corrected chi connectivity index (χ1v) is 7.07. The molecule has 1 aromatic rings. The summed E-state index contributed by atoms with van der Waals surface area (Å²) in [7, 11) is 0. The molecule has 0 amide bonds. The first-order valence-electron chi connectivity index (χ1n) is 5.92. The van der Waals surface area contributed by atoms with Gasteiger partial charge in [-0.2, -0.15) is 16.9 Å². The van der Waals surface area contributed by atoms with E-state index in [1.807, 2.05) is 12.4 Å². The van der Waals surface area contributed by atoms with Crippen molar-refractivity contribution in [3.8, 4) is 0 Å². The fraction of sp³-hybridized carbons (Fsp3) is 0.750. The van der Waals surface area contributed by atoms with E-state index in [2.05, 4.69) is 48.0 Å². The van der Waals surface area contributed by atoms with Crippen LogP contribution in [0.4, 0.5) is 0 Å². The van der Waals surface area contributed by atoms with Gasteiger partial charge in [0.05, 0.1) is 6.20 Å². The van der Waals surface area contributed by atoms with Crippen LogP contribution in [-0.2, 0) is 0 Å². The summed E-state index contributed by atoms with van der Waals surface area (Å²) < 4.78 is 0. The van der Waals surface area contributed by atoms with E-state index in [9.17, 15) is 0 Å². The highest BCUT2D eigenvalue weighted by Crippen LogP contribution is 2.35. The van der Waals surface area contributed by atoms with Gasteiger partial charge in [0.2, 0.25) is 0 Å². The Bertz CT molecular complexity index is 321. The number of H-pyrrole nitrogens is 1. The van der Waals surface area contributed by atoms with Crippen molar-refractivity contribution in [2.75, 3.05) is 11.5 Å². The topological polar surface area (TPSA) is 40.7 Å². The maximum atomic E-state index is 4.00. The van der Waals surface area contributed by atoms with E-state index in [4.69, 9.17) is 0 Å². The highest BCUT2D eigenvalue weighted by molar-refractivity contribution is 7.99. The third kappa shape index (κ3) is 2.61. The minimum absolute atomic E-state index is 0.377. The zero-order valence-corrected chi connectivity index (χ0v) is 11.1. The zero-order chi connectivity index (χ0) is 11.6. The van der Waals surface area contributed by atoms with E-state index in [1.165, 1.54) is 23.5 Å². The minimum atomic E-state index is 0.377. The van der Waals surface area contributed by atoms with E-state index in [0.29, 0.717) is 17.5 Å². The molecule has 2 unspecified atom stereocenters. The maximum Gasteiger partial charge on any atom is 0.0534 e. The molecule has 0 spiro atoms. The van der Waals surface area contributed by atoms with E-state index >= 15 is 0 Å². The predicted molar refractivity (Wildman–Crippen MR) is 69.6 cm³/mol. The Morgan fingerprint density at radius 1 is 1.62 bits per heavy atom. The van der Waals surface area contributed by atoms with E-state index < -0.39 is 0 Å². The summed E-state index contributed by atoms with van der Waals surface area (Å²) in [6.07, 6.45) is 5.18. The second-order valence-electron chi connectivity index (χ2n) is 5.29. The summed E-state index contributed by atoms with van der Waals surface area (Å²) in [4.78, 5) is 0. The van der Waals surface area contributed by atoms with Gasteiger partial charge in [-0.05, 0) is 24.5 Å². The third-order valence-corrected chi connectivity index (χ3v) is 4.65. The van der Waals surface area contributed by atoms with Crippen molar-refractivity contribution in [2.45, 2.75) is 39.3 Å². The number of thioether (sulfide) groups is 1. The lowest BCUT2D eigenvalue weighted by molar-refractivity contribution is 0.232. The van der Waals surface area contributed by atoms with Crippen molar-refractivity contribution < 1.29 is 0 Å². The molecule has 1 saturated heterocycles. The van der Waals surface area contributed by atoms with Gasteiger partial charge >= 0.3 is 0 Å². The molecule has 0 radical (unpaired) electrons. The standard InChI is InChI=1S/C12H21N3S/c1-9(10-6-13-14-7-10)15-11-8-16-5-4-12(11,2)3/h6-7,9,11,15H,4-5,8H2,1-3H3,(H,13,14). The summed E-state index contributed by atoms with van der Waals surface area (Å²) in [5, 5.41) is 10.6. The van der Waals surface area contributed by atoms with Crippen molar-refractivity contribution >= 4 is 11.8 Å². The Labute approximate surface area is 102 Å². The molecule has 1 aliphatic rings. The Balaban J connectivity index is 1.98. The number of hydrogen-bond acceptors (Lipinski definition) is 3. The van der Waals surface area contributed by atoms with Gasteiger partial charge in [0.1, 0.15) is 0 Å². The number of nitrogens with zero attached hydrogens (tertiary/aromatic N) is 1. The van der Waals surface area contributed by atoms with Crippen LogP contribution in [0.5, 0.6) is 0 Å². The number of nitrogens with one attached hydrogen (secondary N) is 2. The van der Waals surface area contributed by atoms with Crippen LogP contribution in [0.15, 0.2) is 12.4 Å². The smallest absolute Gasteiger partial charge is 0.0534 e. The molecule has 2 N–H and O–H groups in total. The summed E-state index contributed by atoms with van der Waals surface area (Å²) in [6, 6.07) is 0.970. The predicted octanol–water partition coefficient (Wildman–Crippen LogP) is 2.59. The van der Waals surface area contributed by atoms with Gasteiger partial charge in [0.25, 0.3) is 0 Å². The molecular weight excluding hydrogens is 218 g/mol. The monoisotopic (exact) mass is 239 g/mol. The molecule has 2 rings (SSSR count). The SMILES string of the molecule is CC(NC1CSCCC1(C)C)c1cn[nH]c1. The van der Waals surface area contributed by atoms with Crippen LogP contribution in [0.25, 0.3) is 0 Å². The van der Waals surface area contributed by atoms with Crippen molar-refractivity contribution in [3.63, 3.8) is 0 Å². The highest BCUT2D eigenvalue weighted by Gasteiger charge is 2.33. The average molecular weight is 239 g/mol. The third-order valence-electron chi connectivity index (χ3n) is 3.59. The largest absolute Gasteiger partial charge is 0.306 e. The lowest BCUT2D eigenvalue weighted by Gasteiger charge is -2.40. The van der Waals surface area contributed by atoms with Crippen LogP contribution >= 0.6 is 11.8 Å². The first-order chi connectivity index (χ1) is 7.59. The summed E-state index contributed by atoms with van der Waals surface area (Å²) in [5.41, 5.74) is 1.65. The van der Waals surface area contributed by atoms with Gasteiger partial charge in [-0.15, -0.1) is 0 Å². The maximum absolute atomic E-state index is 4.00. The molecule has 0 saturated carbocycles. The van der Waals surface area contributed by atoms with Crippen LogP contribution in [0, 0.1) is 5.41 Å². The van der Waals surface area contributed by atoms with E-state index in [-0.39, 0.29) is 0 Å². The van der Waals surface area contributed by atoms with Gasteiger partial charge in [-0.25, -0.2) is 0 Å². The van der Waals surface area contributed by atoms with Crippen LogP contribution in [0.3, 0.4) is 0 Å². The van der Waals surface area contributed by atoms with Crippen molar-refractivity contribution in [2.24, 2.45) is 5.41 Å². The Hall–Kier alpha value is -0.480. The molecular formula is C12H21N3S. The van der Waals surface area contributed by atoms with Gasteiger partial charge in [-0.3, -0.25) is 5.10 Å². The molecule has 2 heterocycles. The number of rotatable bonds is 3. The van der Waals surface area contributed by atoms with Crippen LogP contribution in [0.2, 0.25) is 0 Å². The molecule has 16 heavy (non-hydrogen) atoms. The zero-order valence-electron chi connectivity index (χ0n) is 10.3. The van der Waals surface area contributed by atoms with Crippen LogP contribution in [0.1, 0.15) is 38.8 Å². The van der Waals surface area contributed by atoms with E-state index in [1.54, 1.807) is 0 Å². The molecule has 0 aliphatic carbocycles. The normalized spacial score (nSPS) is 26.6. The van der Waals surface area contributed by atoms with Gasteiger partial charge in [-0.1, -0.05) is 13.8 Å². The van der Waals surface area contributed by atoms with Gasteiger partial charge < -0.3 is 5.32 Å².